The van der Waals surface area contributed by atoms with Gasteiger partial charge in [-0.1, -0.05) is 17.7 Å². The van der Waals surface area contributed by atoms with Gasteiger partial charge in [-0.2, -0.15) is 0 Å². The van der Waals surface area contributed by atoms with E-state index < -0.39 is 0 Å². The fourth-order valence-electron chi connectivity index (χ4n) is 1.78. The first-order valence-corrected chi connectivity index (χ1v) is 6.38. The molecule has 104 valence electrons. The lowest BCUT2D eigenvalue weighted by atomic mass is 10.1. The van der Waals surface area contributed by atoms with Gasteiger partial charge in [-0.05, 0) is 30.7 Å². The van der Waals surface area contributed by atoms with Crippen LogP contribution in [0.3, 0.4) is 0 Å². The van der Waals surface area contributed by atoms with Crippen molar-refractivity contribution in [1.29, 1.82) is 0 Å². The summed E-state index contributed by atoms with van der Waals surface area (Å²) in [5.41, 5.74) is 2.56. The Morgan fingerprint density at radius 2 is 2.05 bits per heavy atom. The summed E-state index contributed by atoms with van der Waals surface area (Å²) in [6.45, 7) is 2.33. The molecule has 0 saturated carbocycles. The van der Waals surface area contributed by atoms with Crippen molar-refractivity contribution in [2.24, 2.45) is 0 Å². The molecular weight excluding hydrogens is 254 g/mol. The highest BCUT2D eigenvalue weighted by atomic mass is 16.2. The number of H-pyrrole nitrogens is 1. The van der Waals surface area contributed by atoms with Gasteiger partial charge in [0.05, 0.1) is 6.54 Å². The van der Waals surface area contributed by atoms with Crippen LogP contribution < -0.4 is 10.6 Å². The number of hydrogen-bond donors (Lipinski definition) is 3. The average Bonchev–Trinajstić information content (AvgIpc) is 2.95. The van der Waals surface area contributed by atoms with Crippen LogP contribution in [-0.4, -0.2) is 23.3 Å². The fraction of sp³-hybridized carbons (Fsp3) is 0.200. The number of benzene rings is 1. The minimum atomic E-state index is -0.245. The van der Waals surface area contributed by atoms with Crippen molar-refractivity contribution in [3.63, 3.8) is 0 Å². The number of carbonyl (C=O) groups is 2. The summed E-state index contributed by atoms with van der Waals surface area (Å²) in [4.78, 5) is 26.4. The molecule has 0 aliphatic heterocycles. The summed E-state index contributed by atoms with van der Waals surface area (Å²) in [6.07, 6.45) is 3.60. The van der Waals surface area contributed by atoms with Gasteiger partial charge in [-0.15, -0.1) is 0 Å². The number of aromatic nitrogens is 1. The Morgan fingerprint density at radius 3 is 2.75 bits per heavy atom. The second-order valence-electron chi connectivity index (χ2n) is 4.55. The lowest BCUT2D eigenvalue weighted by Gasteiger charge is -2.06. The molecule has 1 aromatic carbocycles. The highest BCUT2D eigenvalue weighted by molar-refractivity contribution is 5.96. The fourth-order valence-corrected chi connectivity index (χ4v) is 1.78. The third-order valence-electron chi connectivity index (χ3n) is 2.84. The van der Waals surface area contributed by atoms with E-state index >= 15 is 0 Å². The Morgan fingerprint density at radius 1 is 1.20 bits per heavy atom. The van der Waals surface area contributed by atoms with Gasteiger partial charge >= 0.3 is 0 Å². The zero-order valence-electron chi connectivity index (χ0n) is 11.3. The van der Waals surface area contributed by atoms with Crippen molar-refractivity contribution >= 4 is 11.8 Å². The number of hydrogen-bond acceptors (Lipinski definition) is 2. The third kappa shape index (κ3) is 3.98. The number of nitrogens with one attached hydrogen (secondary N) is 3. The van der Waals surface area contributed by atoms with E-state index in [1.807, 2.05) is 31.3 Å². The molecule has 0 unspecified atom stereocenters. The number of amides is 2. The van der Waals surface area contributed by atoms with Crippen molar-refractivity contribution in [2.75, 3.05) is 6.54 Å². The molecule has 2 aromatic rings. The van der Waals surface area contributed by atoms with Gasteiger partial charge in [-0.3, -0.25) is 9.59 Å². The van der Waals surface area contributed by atoms with E-state index in [2.05, 4.69) is 15.6 Å². The Bertz CT molecular complexity index is 591. The highest BCUT2D eigenvalue weighted by Gasteiger charge is 2.07. The quantitative estimate of drug-likeness (QED) is 0.768. The van der Waals surface area contributed by atoms with E-state index in [0.717, 1.165) is 11.1 Å². The molecule has 20 heavy (non-hydrogen) atoms. The van der Waals surface area contributed by atoms with Gasteiger partial charge in [0.25, 0.3) is 5.91 Å². The smallest absolute Gasteiger partial charge is 0.251 e. The van der Waals surface area contributed by atoms with Crippen LogP contribution in [0.1, 0.15) is 21.5 Å². The molecule has 5 nitrogen and oxygen atoms in total. The normalized spacial score (nSPS) is 10.1. The molecule has 0 aliphatic rings. The number of carbonyl (C=O) groups excluding carboxylic acids is 2. The zero-order chi connectivity index (χ0) is 14.4. The van der Waals surface area contributed by atoms with Crippen molar-refractivity contribution in [3.8, 4) is 0 Å². The van der Waals surface area contributed by atoms with Crippen LogP contribution in [-0.2, 0) is 11.3 Å². The minimum absolute atomic E-state index is 0.0306. The van der Waals surface area contributed by atoms with E-state index in [1.165, 1.54) is 0 Å². The van der Waals surface area contributed by atoms with Crippen LogP contribution in [0.5, 0.6) is 0 Å². The second-order valence-corrected chi connectivity index (χ2v) is 4.55. The maximum Gasteiger partial charge on any atom is 0.251 e. The van der Waals surface area contributed by atoms with E-state index in [0.29, 0.717) is 12.1 Å². The van der Waals surface area contributed by atoms with Crippen LogP contribution in [0.25, 0.3) is 0 Å². The minimum Gasteiger partial charge on any atom is -0.367 e. The van der Waals surface area contributed by atoms with E-state index in [9.17, 15) is 9.59 Å². The zero-order valence-corrected chi connectivity index (χ0v) is 11.3. The molecule has 2 rings (SSSR count). The van der Waals surface area contributed by atoms with Crippen LogP contribution in [0.2, 0.25) is 0 Å². The predicted molar refractivity (Wildman–Crippen MR) is 76.2 cm³/mol. The summed E-state index contributed by atoms with van der Waals surface area (Å²) in [5, 5.41) is 5.33. The van der Waals surface area contributed by atoms with Crippen LogP contribution in [0.4, 0.5) is 0 Å². The highest BCUT2D eigenvalue weighted by Crippen LogP contribution is 2.03. The Kier molecular flexibility index (Phi) is 4.55. The van der Waals surface area contributed by atoms with Crippen molar-refractivity contribution in [2.45, 2.75) is 13.5 Å². The second kappa shape index (κ2) is 6.56. The van der Waals surface area contributed by atoms with Gasteiger partial charge in [0.15, 0.2) is 0 Å². The van der Waals surface area contributed by atoms with E-state index in [4.69, 9.17) is 0 Å². The molecule has 0 spiro atoms. The summed E-state index contributed by atoms with van der Waals surface area (Å²) in [6, 6.07) is 9.12. The Hall–Kier alpha value is -2.56. The van der Waals surface area contributed by atoms with Gasteiger partial charge in [-0.25, -0.2) is 0 Å². The molecule has 0 atom stereocenters. The molecule has 5 heteroatoms. The van der Waals surface area contributed by atoms with Crippen molar-refractivity contribution < 1.29 is 9.59 Å². The first-order chi connectivity index (χ1) is 9.65. The molecule has 1 aromatic heterocycles. The molecule has 1 heterocycles. The first kappa shape index (κ1) is 13.9. The first-order valence-electron chi connectivity index (χ1n) is 6.38. The maximum absolute atomic E-state index is 11.8. The maximum atomic E-state index is 11.8. The monoisotopic (exact) mass is 271 g/mol. The summed E-state index contributed by atoms with van der Waals surface area (Å²) < 4.78 is 0. The number of aryl methyl sites for hydroxylation is 1. The van der Waals surface area contributed by atoms with E-state index in [1.54, 1.807) is 18.3 Å². The number of aromatic amines is 1. The average molecular weight is 271 g/mol. The molecule has 2 amide bonds. The molecule has 0 bridgehead atoms. The predicted octanol–water partition coefficient (Wildman–Crippen LogP) is 1.37. The standard InChI is InChI=1S/C15H17N3O2/c1-11-3-2-4-13(7-11)15(20)18-10-14(19)17-9-12-5-6-16-8-12/h2-8,16H,9-10H2,1H3,(H,17,19)(H,18,20). The Balaban J connectivity index is 1.77. The molecule has 0 radical (unpaired) electrons. The molecule has 0 aliphatic carbocycles. The summed E-state index contributed by atoms with van der Waals surface area (Å²) >= 11 is 0. The van der Waals surface area contributed by atoms with Gasteiger partial charge < -0.3 is 15.6 Å². The molecule has 3 N–H and O–H groups in total. The largest absolute Gasteiger partial charge is 0.367 e. The van der Waals surface area contributed by atoms with Crippen molar-refractivity contribution in [3.05, 3.63) is 59.4 Å². The number of rotatable bonds is 5. The van der Waals surface area contributed by atoms with E-state index in [-0.39, 0.29) is 18.4 Å². The topological polar surface area (TPSA) is 74.0 Å². The summed E-state index contributed by atoms with van der Waals surface area (Å²) in [7, 11) is 0. The van der Waals surface area contributed by atoms with Gasteiger partial charge in [0, 0.05) is 24.5 Å². The van der Waals surface area contributed by atoms with Crippen LogP contribution in [0, 0.1) is 6.92 Å². The third-order valence-corrected chi connectivity index (χ3v) is 2.84. The molecule has 0 saturated heterocycles. The molecule has 0 fully saturated rings. The Labute approximate surface area is 117 Å². The van der Waals surface area contributed by atoms with Crippen molar-refractivity contribution in [1.82, 2.24) is 15.6 Å². The lowest BCUT2D eigenvalue weighted by molar-refractivity contribution is -0.120. The molecular formula is C15H17N3O2. The van der Waals surface area contributed by atoms with Gasteiger partial charge in [0.2, 0.25) is 5.91 Å². The van der Waals surface area contributed by atoms with Crippen LogP contribution in [0.15, 0.2) is 42.7 Å². The SMILES string of the molecule is Cc1cccc(C(=O)NCC(=O)NCc2cc[nH]c2)c1. The van der Waals surface area contributed by atoms with Gasteiger partial charge in [0.1, 0.15) is 0 Å². The summed E-state index contributed by atoms with van der Waals surface area (Å²) in [5.74, 6) is -0.460. The lowest BCUT2D eigenvalue weighted by Crippen LogP contribution is -2.36. The van der Waals surface area contributed by atoms with Crippen LogP contribution >= 0.6 is 0 Å².